The highest BCUT2D eigenvalue weighted by Crippen LogP contribution is 2.60. The van der Waals surface area contributed by atoms with E-state index in [9.17, 15) is 24.3 Å². The molecule has 8 atom stereocenters. The van der Waals surface area contributed by atoms with E-state index in [1.54, 1.807) is 22.0 Å². The van der Waals surface area contributed by atoms with E-state index in [1.807, 2.05) is 30.3 Å². The Morgan fingerprint density at radius 3 is 2.56 bits per heavy atom. The van der Waals surface area contributed by atoms with Gasteiger partial charge in [-0.05, 0) is 37.7 Å². The number of rotatable bonds is 22. The van der Waals surface area contributed by atoms with Crippen molar-refractivity contribution in [3.63, 3.8) is 0 Å². The average Bonchev–Trinajstić information content (AvgIpc) is 3.70. The lowest BCUT2D eigenvalue weighted by Gasteiger charge is -2.37. The molecule has 11 nitrogen and oxygen atoms in total. The van der Waals surface area contributed by atoms with Gasteiger partial charge in [0.2, 0.25) is 17.7 Å². The van der Waals surface area contributed by atoms with Crippen molar-refractivity contribution in [1.82, 2.24) is 15.1 Å². The molecule has 0 aliphatic carbocycles. The molecule has 3 aliphatic heterocycles. The van der Waals surface area contributed by atoms with Crippen LogP contribution in [0.5, 0.6) is 0 Å². The third-order valence-electron chi connectivity index (χ3n) is 10.0. The number of hydrogen-bond donors (Lipinski definition) is 2. The van der Waals surface area contributed by atoms with Gasteiger partial charge in [-0.3, -0.25) is 19.2 Å². The Bertz CT molecular complexity index is 1330. The number of esters is 1. The lowest BCUT2D eigenvalue weighted by atomic mass is 9.70. The summed E-state index contributed by atoms with van der Waals surface area (Å²) in [5, 5.41) is 12.2. The Morgan fingerprint density at radius 2 is 1.90 bits per heavy atom. The molecule has 2 N–H and O–H groups in total. The van der Waals surface area contributed by atoms with Gasteiger partial charge in [0, 0.05) is 44.6 Å². The number of likely N-dealkylation sites (tertiary alicyclic amines) is 1. The number of aliphatic hydroxyl groups is 1. The largest absolute Gasteiger partial charge is 0.455 e. The number of carbonyl (C=O) groups is 4. The van der Waals surface area contributed by atoms with Crippen molar-refractivity contribution >= 4 is 39.6 Å². The zero-order chi connectivity index (χ0) is 36.3. The SMILES string of the molecule is C=CCCC(=O)N[C@@H](COC)[C@@H](OC(=O)[C@H]1[C@@H]2O[C@@]3(CC2Br)[C@@H]1C(=O)N(CCCCCCO)[C@@H]3C(=O)N(CC=C)CCCC)c1ccccc1. The summed E-state index contributed by atoms with van der Waals surface area (Å²) < 4.78 is 18.5. The highest BCUT2D eigenvalue weighted by atomic mass is 79.9. The molecule has 3 aliphatic rings. The number of halogens is 1. The molecule has 2 bridgehead atoms. The number of carbonyl (C=O) groups excluding carboxylic acids is 4. The summed E-state index contributed by atoms with van der Waals surface area (Å²) in [7, 11) is 1.51. The van der Waals surface area contributed by atoms with Gasteiger partial charge in [-0.2, -0.15) is 0 Å². The number of nitrogens with zero attached hydrogens (tertiary/aromatic N) is 2. The molecule has 1 aromatic rings. The van der Waals surface area contributed by atoms with Crippen LogP contribution in [0.2, 0.25) is 0 Å². The number of unbranched alkanes of at least 4 members (excludes halogenated alkanes) is 4. The average molecular weight is 761 g/mol. The molecular formula is C38H54BrN3O8. The molecule has 3 fully saturated rings. The second-order valence-electron chi connectivity index (χ2n) is 13.5. The first kappa shape index (κ1) is 39.7. The fraction of sp³-hybridized carbons (Fsp3) is 0.632. The van der Waals surface area contributed by atoms with Crippen molar-refractivity contribution < 1.29 is 38.5 Å². The molecule has 3 saturated heterocycles. The summed E-state index contributed by atoms with van der Waals surface area (Å²) in [6.07, 6.45) is 7.41. The van der Waals surface area contributed by atoms with Gasteiger partial charge in [-0.15, -0.1) is 13.2 Å². The topological polar surface area (TPSA) is 135 Å². The third-order valence-corrected chi connectivity index (χ3v) is 10.9. The monoisotopic (exact) mass is 759 g/mol. The molecule has 1 unspecified atom stereocenters. The Labute approximate surface area is 304 Å². The summed E-state index contributed by atoms with van der Waals surface area (Å²) in [6.45, 7) is 11.0. The van der Waals surface area contributed by atoms with E-state index in [4.69, 9.17) is 14.2 Å². The van der Waals surface area contributed by atoms with Crippen LogP contribution in [0.3, 0.4) is 0 Å². The first-order valence-corrected chi connectivity index (χ1v) is 18.9. The van der Waals surface area contributed by atoms with Gasteiger partial charge in [-0.1, -0.05) is 84.6 Å². The summed E-state index contributed by atoms with van der Waals surface area (Å²) in [4.78, 5) is 59.6. The van der Waals surface area contributed by atoms with Crippen molar-refractivity contribution in [2.75, 3.05) is 40.0 Å². The predicted octanol–water partition coefficient (Wildman–Crippen LogP) is 4.48. The van der Waals surface area contributed by atoms with Crippen LogP contribution in [0, 0.1) is 11.8 Å². The summed E-state index contributed by atoms with van der Waals surface area (Å²) in [5.41, 5.74) is -0.562. The molecule has 276 valence electrons. The molecule has 3 amide bonds. The molecule has 0 radical (unpaired) electrons. The summed E-state index contributed by atoms with van der Waals surface area (Å²) >= 11 is 3.75. The maximum atomic E-state index is 14.6. The number of aliphatic hydroxyl groups excluding tert-OH is 1. The van der Waals surface area contributed by atoms with Crippen LogP contribution < -0.4 is 5.32 Å². The standard InChI is InChI=1S/C38H54BrN3O8/c1-5-8-19-29(44)40-28(25-48-4)32(26-17-13-12-14-18-26)49-37(47)30-31-35(45)42(22-15-10-11-16-23-43)34(38(31)24-27(39)33(30)50-38)36(46)41(20-7-3)21-9-6-2/h5,7,12-14,17-18,27-28,30-34,43H,1,3,6,8-11,15-16,19-25H2,2,4H3,(H,40,44)/t27?,28-,30+,31-,32-,33+,34+,38-/m0/s1. The highest BCUT2D eigenvalue weighted by molar-refractivity contribution is 9.09. The Balaban J connectivity index is 1.69. The molecule has 3 heterocycles. The van der Waals surface area contributed by atoms with Crippen molar-refractivity contribution in [1.29, 1.82) is 0 Å². The van der Waals surface area contributed by atoms with E-state index in [-0.39, 0.29) is 42.2 Å². The summed E-state index contributed by atoms with van der Waals surface area (Å²) in [5.74, 6) is -3.25. The van der Waals surface area contributed by atoms with Crippen molar-refractivity contribution in [3.05, 3.63) is 61.2 Å². The van der Waals surface area contributed by atoms with E-state index in [2.05, 4.69) is 41.3 Å². The van der Waals surface area contributed by atoms with Crippen molar-refractivity contribution in [2.45, 2.75) is 99.4 Å². The minimum absolute atomic E-state index is 0.0716. The lowest BCUT2D eigenvalue weighted by Crippen LogP contribution is -2.57. The number of alkyl halides is 1. The predicted molar refractivity (Wildman–Crippen MR) is 193 cm³/mol. The number of amides is 3. The molecule has 0 aromatic heterocycles. The van der Waals surface area contributed by atoms with Gasteiger partial charge in [0.1, 0.15) is 17.7 Å². The van der Waals surface area contributed by atoms with Crippen LogP contribution in [0.25, 0.3) is 0 Å². The normalized spacial score (nSPS) is 26.3. The van der Waals surface area contributed by atoms with Crippen molar-refractivity contribution in [2.24, 2.45) is 11.8 Å². The quantitative estimate of drug-likeness (QED) is 0.0766. The number of hydrogen-bond acceptors (Lipinski definition) is 8. The summed E-state index contributed by atoms with van der Waals surface area (Å²) in [6, 6.07) is 7.52. The Kier molecular flexibility index (Phi) is 15.1. The molecule has 1 spiro atoms. The zero-order valence-corrected chi connectivity index (χ0v) is 31.1. The van der Waals surface area contributed by atoms with Gasteiger partial charge in [0.15, 0.2) is 0 Å². The second kappa shape index (κ2) is 19.0. The number of benzene rings is 1. The second-order valence-corrected chi connectivity index (χ2v) is 14.7. The molecule has 1 aromatic carbocycles. The first-order valence-electron chi connectivity index (χ1n) is 18.0. The number of methoxy groups -OCH3 is 1. The van der Waals surface area contributed by atoms with E-state index in [0.29, 0.717) is 50.9 Å². The van der Waals surface area contributed by atoms with E-state index >= 15 is 0 Å². The Morgan fingerprint density at radius 1 is 1.16 bits per heavy atom. The highest BCUT2D eigenvalue weighted by Gasteiger charge is 2.77. The van der Waals surface area contributed by atoms with Crippen LogP contribution in [-0.4, -0.2) is 107 Å². The first-order chi connectivity index (χ1) is 24.2. The fourth-order valence-corrected chi connectivity index (χ4v) is 8.70. The van der Waals surface area contributed by atoms with Crippen LogP contribution >= 0.6 is 15.9 Å². The van der Waals surface area contributed by atoms with E-state index in [1.165, 1.54) is 7.11 Å². The minimum atomic E-state index is -1.22. The van der Waals surface area contributed by atoms with Gasteiger partial charge >= 0.3 is 5.97 Å². The smallest absolute Gasteiger partial charge is 0.313 e. The fourth-order valence-electron chi connectivity index (χ4n) is 7.76. The number of nitrogens with one attached hydrogen (secondary N) is 1. The van der Waals surface area contributed by atoms with Crippen LogP contribution in [0.4, 0.5) is 0 Å². The Hall–Kier alpha value is -3.06. The molecular weight excluding hydrogens is 706 g/mol. The van der Waals surface area contributed by atoms with E-state index in [0.717, 1.165) is 25.7 Å². The van der Waals surface area contributed by atoms with Crippen LogP contribution in [-0.2, 0) is 33.4 Å². The lowest BCUT2D eigenvalue weighted by molar-refractivity contribution is -0.163. The third kappa shape index (κ3) is 8.69. The minimum Gasteiger partial charge on any atom is -0.455 e. The van der Waals surface area contributed by atoms with Crippen LogP contribution in [0.1, 0.15) is 76.4 Å². The van der Waals surface area contributed by atoms with Gasteiger partial charge in [0.25, 0.3) is 0 Å². The van der Waals surface area contributed by atoms with E-state index < -0.39 is 47.7 Å². The van der Waals surface area contributed by atoms with Gasteiger partial charge in [0.05, 0.1) is 30.6 Å². The maximum Gasteiger partial charge on any atom is 0.313 e. The number of fused-ring (bicyclic) bond motifs is 1. The van der Waals surface area contributed by atoms with Crippen LogP contribution in [0.15, 0.2) is 55.6 Å². The number of allylic oxidation sites excluding steroid dienone is 1. The molecule has 12 heteroatoms. The van der Waals surface area contributed by atoms with Gasteiger partial charge in [-0.25, -0.2) is 0 Å². The molecule has 0 saturated carbocycles. The zero-order valence-electron chi connectivity index (χ0n) is 29.5. The maximum absolute atomic E-state index is 14.6. The van der Waals surface area contributed by atoms with Crippen molar-refractivity contribution in [3.8, 4) is 0 Å². The number of ether oxygens (including phenoxy) is 3. The molecule has 4 rings (SSSR count). The van der Waals surface area contributed by atoms with Gasteiger partial charge < -0.3 is 34.4 Å². The molecule has 50 heavy (non-hydrogen) atoms.